The quantitative estimate of drug-likeness (QED) is 0.631. The second-order valence-electron chi connectivity index (χ2n) is 7.87. The Balaban J connectivity index is 1.96. The predicted octanol–water partition coefficient (Wildman–Crippen LogP) is 3.28. The molecule has 0 aliphatic carbocycles. The Morgan fingerprint density at radius 2 is 1.73 bits per heavy atom. The van der Waals surface area contributed by atoms with Crippen LogP contribution in [-0.4, -0.2) is 42.5 Å². The van der Waals surface area contributed by atoms with E-state index < -0.39 is 27.1 Å². The summed E-state index contributed by atoms with van der Waals surface area (Å²) in [7, 11) is -4.06. The molecule has 0 saturated carbocycles. The van der Waals surface area contributed by atoms with Crippen molar-refractivity contribution < 1.29 is 22.7 Å². The summed E-state index contributed by atoms with van der Waals surface area (Å²) in [5.74, 6) is -0.972. The molecule has 1 unspecified atom stereocenters. The predicted molar refractivity (Wildman–Crippen MR) is 113 cm³/mol. The minimum absolute atomic E-state index is 0.0259. The van der Waals surface area contributed by atoms with E-state index in [0.29, 0.717) is 6.42 Å². The summed E-state index contributed by atoms with van der Waals surface area (Å²) in [6.45, 7) is 5.47. The fraction of sp³-hybridized carbons (Fsp3) is 0.391. The third-order valence-corrected chi connectivity index (χ3v) is 7.45. The van der Waals surface area contributed by atoms with Gasteiger partial charge < -0.3 is 9.64 Å². The van der Waals surface area contributed by atoms with E-state index >= 15 is 0 Å². The molecule has 0 aromatic heterocycles. The van der Waals surface area contributed by atoms with E-state index in [9.17, 15) is 18.0 Å². The third-order valence-electron chi connectivity index (χ3n) is 5.35. The first kappa shape index (κ1) is 22.0. The van der Waals surface area contributed by atoms with Crippen LogP contribution in [0.15, 0.2) is 59.5 Å². The molecule has 0 bridgehead atoms. The molecule has 0 radical (unpaired) electrons. The lowest BCUT2D eigenvalue weighted by Crippen LogP contribution is -2.51. The summed E-state index contributed by atoms with van der Waals surface area (Å²) in [5, 5.41) is -1.47. The van der Waals surface area contributed by atoms with Crippen LogP contribution < -0.4 is 0 Å². The van der Waals surface area contributed by atoms with E-state index in [1.54, 1.807) is 24.3 Å². The summed E-state index contributed by atoms with van der Waals surface area (Å²) >= 11 is 0. The molecule has 1 aliphatic rings. The van der Waals surface area contributed by atoms with Crippen LogP contribution in [0, 0.1) is 6.92 Å². The number of hydrogen-bond acceptors (Lipinski definition) is 5. The van der Waals surface area contributed by atoms with Crippen LogP contribution in [0.4, 0.5) is 0 Å². The van der Waals surface area contributed by atoms with Crippen LogP contribution in [0.25, 0.3) is 0 Å². The number of hydrogen-bond donors (Lipinski definition) is 0. The molecule has 1 saturated heterocycles. The number of rotatable bonds is 7. The number of aryl methyl sites for hydroxylation is 1. The molecular formula is C23H27NO5S. The van der Waals surface area contributed by atoms with E-state index in [4.69, 9.17) is 4.74 Å². The lowest BCUT2D eigenvalue weighted by molar-refractivity contribution is -0.146. The number of ether oxygens (including phenoxy) is 1. The lowest BCUT2D eigenvalue weighted by Gasteiger charge is -2.33. The van der Waals surface area contributed by atoms with Gasteiger partial charge in [-0.25, -0.2) is 8.42 Å². The Kier molecular flexibility index (Phi) is 6.61. The van der Waals surface area contributed by atoms with Gasteiger partial charge in [-0.05, 0) is 44.9 Å². The third kappa shape index (κ3) is 4.56. The molecular weight excluding hydrogens is 402 g/mol. The first-order valence-electron chi connectivity index (χ1n) is 10.0. The van der Waals surface area contributed by atoms with E-state index in [1.165, 1.54) is 17.0 Å². The Labute approximate surface area is 177 Å². The molecule has 3 rings (SSSR count). The Morgan fingerprint density at radius 3 is 2.33 bits per heavy atom. The van der Waals surface area contributed by atoms with Gasteiger partial charge in [0.2, 0.25) is 5.91 Å². The van der Waals surface area contributed by atoms with Crippen LogP contribution in [-0.2, 0) is 30.8 Å². The van der Waals surface area contributed by atoms with Crippen molar-refractivity contribution in [1.29, 1.82) is 0 Å². The fourth-order valence-corrected chi connectivity index (χ4v) is 5.68. The molecule has 7 heteroatoms. The summed E-state index contributed by atoms with van der Waals surface area (Å²) < 4.78 is 32.5. The van der Waals surface area contributed by atoms with Crippen molar-refractivity contribution in [1.82, 2.24) is 4.90 Å². The van der Waals surface area contributed by atoms with Crippen molar-refractivity contribution in [2.45, 2.75) is 62.4 Å². The number of likely N-dealkylation sites (tertiary alicyclic amines) is 1. The number of carbonyl (C=O) groups is 2. The van der Waals surface area contributed by atoms with Crippen molar-refractivity contribution in [2.24, 2.45) is 0 Å². The first-order chi connectivity index (χ1) is 14.2. The molecule has 1 fully saturated rings. The maximum absolute atomic E-state index is 13.5. The normalized spacial score (nSPS) is 17.9. The van der Waals surface area contributed by atoms with Crippen molar-refractivity contribution >= 4 is 21.7 Å². The highest BCUT2D eigenvalue weighted by atomic mass is 32.2. The standard InChI is InChI=1S/C23H27NO5S/c1-16(2)24-20(13-14-21(24)25)22(23(26)29-15-18-7-5-4-6-8-18)30(27,28)19-11-9-17(3)10-12-19/h4-12,16,20,22H,13-15H2,1-3H3/t20?,22-/m1/s1. The molecule has 2 aromatic rings. The first-order valence-corrected chi connectivity index (χ1v) is 11.6. The molecule has 160 valence electrons. The second-order valence-corrected chi connectivity index (χ2v) is 9.94. The smallest absolute Gasteiger partial charge is 0.327 e. The Hall–Kier alpha value is -2.67. The highest BCUT2D eigenvalue weighted by Crippen LogP contribution is 2.31. The molecule has 1 amide bonds. The van der Waals surface area contributed by atoms with Crippen LogP contribution >= 0.6 is 0 Å². The maximum atomic E-state index is 13.5. The number of nitrogens with zero attached hydrogens (tertiary/aromatic N) is 1. The number of amides is 1. The number of benzene rings is 2. The zero-order chi connectivity index (χ0) is 21.9. The van der Waals surface area contributed by atoms with Crippen LogP contribution in [0.1, 0.15) is 37.8 Å². The highest BCUT2D eigenvalue weighted by molar-refractivity contribution is 7.92. The average Bonchev–Trinajstić information content (AvgIpc) is 3.08. The van der Waals surface area contributed by atoms with Gasteiger partial charge in [-0.1, -0.05) is 48.0 Å². The molecule has 6 nitrogen and oxygen atoms in total. The van der Waals surface area contributed by atoms with Crippen molar-refractivity contribution in [3.63, 3.8) is 0 Å². The largest absolute Gasteiger partial charge is 0.460 e. The molecule has 1 heterocycles. The van der Waals surface area contributed by atoms with Crippen LogP contribution in [0.5, 0.6) is 0 Å². The van der Waals surface area contributed by atoms with Gasteiger partial charge in [0.15, 0.2) is 15.1 Å². The second kappa shape index (κ2) is 9.00. The molecule has 0 N–H and O–H groups in total. The average molecular weight is 430 g/mol. The zero-order valence-electron chi connectivity index (χ0n) is 17.4. The van der Waals surface area contributed by atoms with E-state index in [-0.39, 0.29) is 29.9 Å². The number of carbonyl (C=O) groups excluding carboxylic acids is 2. The summed E-state index contributed by atoms with van der Waals surface area (Å²) in [6, 6.07) is 14.5. The van der Waals surface area contributed by atoms with Crippen molar-refractivity contribution in [2.75, 3.05) is 0 Å². The van der Waals surface area contributed by atoms with Gasteiger partial charge in [-0.3, -0.25) is 9.59 Å². The van der Waals surface area contributed by atoms with Gasteiger partial charge in [-0.15, -0.1) is 0 Å². The minimum Gasteiger partial charge on any atom is -0.460 e. The van der Waals surface area contributed by atoms with Gasteiger partial charge in [0.25, 0.3) is 0 Å². The molecule has 0 spiro atoms. The van der Waals surface area contributed by atoms with E-state index in [1.807, 2.05) is 39.0 Å². The molecule has 1 aliphatic heterocycles. The summed E-state index contributed by atoms with van der Waals surface area (Å²) in [5.41, 5.74) is 1.68. The Bertz CT molecular complexity index is 1000. The molecule has 2 aromatic carbocycles. The maximum Gasteiger partial charge on any atom is 0.327 e. The SMILES string of the molecule is Cc1ccc(S(=O)(=O)[C@@H](C(=O)OCc2ccccc2)C2CCC(=O)N2C(C)C)cc1. The minimum atomic E-state index is -4.06. The monoisotopic (exact) mass is 429 g/mol. The van der Waals surface area contributed by atoms with Crippen molar-refractivity contribution in [3.05, 3.63) is 65.7 Å². The van der Waals surface area contributed by atoms with E-state index in [0.717, 1.165) is 11.1 Å². The number of sulfone groups is 1. The lowest BCUT2D eigenvalue weighted by atomic mass is 10.1. The molecule has 30 heavy (non-hydrogen) atoms. The van der Waals surface area contributed by atoms with Crippen LogP contribution in [0.2, 0.25) is 0 Å². The van der Waals surface area contributed by atoms with Gasteiger partial charge in [0.1, 0.15) is 6.61 Å². The van der Waals surface area contributed by atoms with Gasteiger partial charge in [0.05, 0.1) is 10.9 Å². The zero-order valence-corrected chi connectivity index (χ0v) is 18.3. The van der Waals surface area contributed by atoms with Crippen LogP contribution in [0.3, 0.4) is 0 Å². The Morgan fingerprint density at radius 1 is 1.10 bits per heavy atom. The van der Waals surface area contributed by atoms with Gasteiger partial charge in [0, 0.05) is 12.5 Å². The number of esters is 1. The fourth-order valence-electron chi connectivity index (χ4n) is 3.87. The van der Waals surface area contributed by atoms with Crippen molar-refractivity contribution in [3.8, 4) is 0 Å². The molecule has 2 atom stereocenters. The highest BCUT2D eigenvalue weighted by Gasteiger charge is 2.49. The van der Waals surface area contributed by atoms with E-state index in [2.05, 4.69) is 0 Å². The summed E-state index contributed by atoms with van der Waals surface area (Å²) in [6.07, 6.45) is 0.516. The topological polar surface area (TPSA) is 80.7 Å². The summed E-state index contributed by atoms with van der Waals surface area (Å²) in [4.78, 5) is 27.1. The van der Waals surface area contributed by atoms with Gasteiger partial charge >= 0.3 is 5.97 Å². The van der Waals surface area contributed by atoms with Gasteiger partial charge in [-0.2, -0.15) is 0 Å².